The van der Waals surface area contributed by atoms with Crippen LogP contribution in [-0.4, -0.2) is 38.1 Å². The minimum atomic E-state index is -0.470. The average molecular weight is 300 g/mol. The van der Waals surface area contributed by atoms with Crippen LogP contribution >= 0.6 is 0 Å². The summed E-state index contributed by atoms with van der Waals surface area (Å²) < 4.78 is 0. The van der Waals surface area contributed by atoms with Crippen LogP contribution in [-0.2, 0) is 0 Å². The second-order valence-corrected chi connectivity index (χ2v) is 6.57. The van der Waals surface area contributed by atoms with Crippen LogP contribution < -0.4 is 5.32 Å². The number of nitrogens with one attached hydrogen (secondary N) is 2. The van der Waals surface area contributed by atoms with Gasteiger partial charge >= 0.3 is 0 Å². The Morgan fingerprint density at radius 2 is 2.18 bits per heavy atom. The lowest BCUT2D eigenvalue weighted by atomic mass is 9.98. The van der Waals surface area contributed by atoms with Gasteiger partial charge in [-0.2, -0.15) is 0 Å². The van der Waals surface area contributed by atoms with E-state index in [0.717, 1.165) is 44.2 Å². The molecule has 0 saturated heterocycles. The summed E-state index contributed by atoms with van der Waals surface area (Å²) in [6.45, 7) is -0.0138. The van der Waals surface area contributed by atoms with Gasteiger partial charge in [0.25, 0.3) is 5.91 Å². The molecule has 0 aromatic carbocycles. The number of amides is 1. The smallest absolute Gasteiger partial charge is 0.255 e. The molecule has 2 heterocycles. The van der Waals surface area contributed by atoms with Crippen molar-refractivity contribution in [3.05, 3.63) is 23.7 Å². The molecule has 2 aliphatic carbocycles. The van der Waals surface area contributed by atoms with Gasteiger partial charge in [0.2, 0.25) is 0 Å². The third-order valence-corrected chi connectivity index (χ3v) is 4.88. The molecule has 1 amide bonds. The molecule has 2 fully saturated rings. The Morgan fingerprint density at radius 1 is 1.41 bits per heavy atom. The van der Waals surface area contributed by atoms with Crippen molar-refractivity contribution in [2.45, 2.75) is 50.0 Å². The van der Waals surface area contributed by atoms with Crippen LogP contribution in [0.15, 0.2) is 12.4 Å². The Labute approximate surface area is 128 Å². The number of aromatic amines is 1. The standard InChI is InChI=1S/C16H20N4O2/c21-9-16(5-1-2-6-16)20-15(22)11-7-17-14-13(11)19-12(8-18-14)10-3-4-10/h7-8,10,21H,1-6,9H2,(H,17,18)(H,20,22). The Balaban J connectivity index is 1.64. The molecule has 0 aliphatic heterocycles. The van der Waals surface area contributed by atoms with E-state index in [1.807, 2.05) is 0 Å². The largest absolute Gasteiger partial charge is 0.394 e. The fraction of sp³-hybridized carbons (Fsp3) is 0.562. The van der Waals surface area contributed by atoms with Gasteiger partial charge in [0.05, 0.1) is 29.6 Å². The number of rotatable bonds is 4. The molecular weight excluding hydrogens is 280 g/mol. The summed E-state index contributed by atoms with van der Waals surface area (Å²) in [5.41, 5.74) is 2.29. The number of carbonyl (C=O) groups excluding carboxylic acids is 1. The number of nitrogens with zero attached hydrogens (tertiary/aromatic N) is 2. The minimum absolute atomic E-state index is 0.0138. The van der Waals surface area contributed by atoms with Crippen molar-refractivity contribution in [1.29, 1.82) is 0 Å². The van der Waals surface area contributed by atoms with E-state index in [-0.39, 0.29) is 12.5 Å². The van der Waals surface area contributed by atoms with Gasteiger partial charge in [-0.3, -0.25) is 4.79 Å². The average Bonchev–Trinajstić information content (AvgIpc) is 3.13. The number of H-pyrrole nitrogens is 1. The van der Waals surface area contributed by atoms with E-state index in [1.165, 1.54) is 0 Å². The monoisotopic (exact) mass is 300 g/mol. The fourth-order valence-corrected chi connectivity index (χ4v) is 3.34. The van der Waals surface area contributed by atoms with Gasteiger partial charge in [-0.1, -0.05) is 12.8 Å². The maximum absolute atomic E-state index is 12.6. The highest BCUT2D eigenvalue weighted by atomic mass is 16.3. The molecule has 2 aromatic heterocycles. The Kier molecular flexibility index (Phi) is 3.14. The van der Waals surface area contributed by atoms with E-state index in [4.69, 9.17) is 0 Å². The Morgan fingerprint density at radius 3 is 2.86 bits per heavy atom. The van der Waals surface area contributed by atoms with Crippen molar-refractivity contribution in [3.8, 4) is 0 Å². The van der Waals surface area contributed by atoms with E-state index < -0.39 is 5.54 Å². The predicted molar refractivity (Wildman–Crippen MR) is 81.6 cm³/mol. The van der Waals surface area contributed by atoms with Gasteiger partial charge in [-0.05, 0) is 25.7 Å². The summed E-state index contributed by atoms with van der Waals surface area (Å²) in [5.74, 6) is 0.325. The number of aliphatic hydroxyl groups excluding tert-OH is 1. The molecule has 0 atom stereocenters. The van der Waals surface area contributed by atoms with Crippen LogP contribution in [0.25, 0.3) is 11.2 Å². The lowest BCUT2D eigenvalue weighted by molar-refractivity contribution is 0.0840. The van der Waals surface area contributed by atoms with Crippen molar-refractivity contribution in [3.63, 3.8) is 0 Å². The van der Waals surface area contributed by atoms with Crippen LogP contribution in [0.1, 0.15) is 60.5 Å². The van der Waals surface area contributed by atoms with E-state index in [9.17, 15) is 9.90 Å². The highest BCUT2D eigenvalue weighted by molar-refractivity contribution is 6.04. The second-order valence-electron chi connectivity index (χ2n) is 6.57. The predicted octanol–water partition coefficient (Wildman–Crippen LogP) is 1.87. The molecule has 116 valence electrons. The van der Waals surface area contributed by atoms with E-state index in [0.29, 0.717) is 22.6 Å². The first-order valence-corrected chi connectivity index (χ1v) is 7.98. The summed E-state index contributed by atoms with van der Waals surface area (Å²) >= 11 is 0. The van der Waals surface area contributed by atoms with Crippen molar-refractivity contribution in [1.82, 2.24) is 20.3 Å². The highest BCUT2D eigenvalue weighted by Crippen LogP contribution is 2.39. The zero-order valence-electron chi connectivity index (χ0n) is 12.4. The van der Waals surface area contributed by atoms with E-state index in [1.54, 1.807) is 12.4 Å². The first-order chi connectivity index (χ1) is 10.7. The molecule has 2 aromatic rings. The third kappa shape index (κ3) is 2.27. The normalized spacial score (nSPS) is 20.4. The van der Waals surface area contributed by atoms with Crippen LogP contribution in [0.2, 0.25) is 0 Å². The number of hydrogen-bond donors (Lipinski definition) is 3. The number of hydrogen-bond acceptors (Lipinski definition) is 4. The van der Waals surface area contributed by atoms with Crippen LogP contribution in [0, 0.1) is 0 Å². The van der Waals surface area contributed by atoms with Crippen molar-refractivity contribution >= 4 is 17.1 Å². The minimum Gasteiger partial charge on any atom is -0.394 e. The lowest BCUT2D eigenvalue weighted by Crippen LogP contribution is -2.49. The molecule has 6 heteroatoms. The summed E-state index contributed by atoms with van der Waals surface area (Å²) in [6.07, 6.45) is 9.51. The number of fused-ring (bicyclic) bond motifs is 1. The van der Waals surface area contributed by atoms with Crippen LogP contribution in [0.3, 0.4) is 0 Å². The molecule has 2 saturated carbocycles. The molecule has 0 bridgehead atoms. The summed E-state index contributed by atoms with van der Waals surface area (Å²) in [4.78, 5) is 24.6. The molecule has 6 nitrogen and oxygen atoms in total. The Bertz CT molecular complexity index is 714. The SMILES string of the molecule is O=C(NC1(CO)CCCC1)c1c[nH]c2ncc(C3CC3)nc12. The third-order valence-electron chi connectivity index (χ3n) is 4.88. The van der Waals surface area contributed by atoms with Gasteiger partial charge in [0.15, 0.2) is 5.65 Å². The number of aromatic nitrogens is 3. The van der Waals surface area contributed by atoms with Crippen LogP contribution in [0.4, 0.5) is 0 Å². The number of aliphatic hydroxyl groups is 1. The zero-order valence-corrected chi connectivity index (χ0v) is 12.4. The maximum atomic E-state index is 12.6. The molecule has 0 unspecified atom stereocenters. The van der Waals surface area contributed by atoms with Crippen molar-refractivity contribution < 1.29 is 9.90 Å². The van der Waals surface area contributed by atoms with Gasteiger partial charge in [-0.25, -0.2) is 9.97 Å². The second kappa shape index (κ2) is 5.05. The molecular formula is C16H20N4O2. The van der Waals surface area contributed by atoms with E-state index in [2.05, 4.69) is 20.3 Å². The fourth-order valence-electron chi connectivity index (χ4n) is 3.34. The highest BCUT2D eigenvalue weighted by Gasteiger charge is 2.35. The first-order valence-electron chi connectivity index (χ1n) is 7.98. The molecule has 22 heavy (non-hydrogen) atoms. The molecule has 4 rings (SSSR count). The van der Waals surface area contributed by atoms with Crippen molar-refractivity contribution in [2.75, 3.05) is 6.61 Å². The lowest BCUT2D eigenvalue weighted by Gasteiger charge is -2.27. The van der Waals surface area contributed by atoms with Gasteiger partial charge < -0.3 is 15.4 Å². The van der Waals surface area contributed by atoms with Crippen LogP contribution in [0.5, 0.6) is 0 Å². The summed E-state index contributed by atoms with van der Waals surface area (Å²) in [5, 5.41) is 12.7. The Hall–Kier alpha value is -1.95. The quantitative estimate of drug-likeness (QED) is 0.804. The van der Waals surface area contributed by atoms with Gasteiger partial charge in [0, 0.05) is 12.1 Å². The topological polar surface area (TPSA) is 90.9 Å². The first kappa shape index (κ1) is 13.7. The van der Waals surface area contributed by atoms with Crippen molar-refractivity contribution in [2.24, 2.45) is 0 Å². The summed E-state index contributed by atoms with van der Waals surface area (Å²) in [6, 6.07) is 0. The maximum Gasteiger partial charge on any atom is 0.255 e. The van der Waals surface area contributed by atoms with Gasteiger partial charge in [0.1, 0.15) is 5.52 Å². The zero-order chi connectivity index (χ0) is 15.2. The molecule has 2 aliphatic rings. The van der Waals surface area contributed by atoms with Gasteiger partial charge in [-0.15, -0.1) is 0 Å². The molecule has 3 N–H and O–H groups in total. The summed E-state index contributed by atoms with van der Waals surface area (Å²) in [7, 11) is 0. The molecule has 0 radical (unpaired) electrons. The van der Waals surface area contributed by atoms with E-state index >= 15 is 0 Å². The molecule has 0 spiro atoms. The number of carbonyl (C=O) groups is 1.